The van der Waals surface area contributed by atoms with Gasteiger partial charge in [-0.3, -0.25) is 4.57 Å². The molecule has 0 spiro atoms. The highest BCUT2D eigenvalue weighted by Crippen LogP contribution is 2.28. The minimum absolute atomic E-state index is 0.556. The van der Waals surface area contributed by atoms with Crippen LogP contribution in [0.2, 0.25) is 0 Å². The predicted molar refractivity (Wildman–Crippen MR) is 90.2 cm³/mol. The number of benzene rings is 2. The van der Waals surface area contributed by atoms with Crippen molar-refractivity contribution in [3.8, 4) is 5.69 Å². The lowest BCUT2D eigenvalue weighted by molar-refractivity contribution is 0.911. The van der Waals surface area contributed by atoms with Crippen molar-refractivity contribution in [1.82, 2.24) is 9.55 Å². The molecule has 0 saturated carbocycles. The molecule has 0 amide bonds. The van der Waals surface area contributed by atoms with Crippen LogP contribution in [-0.4, -0.2) is 9.55 Å². The van der Waals surface area contributed by atoms with E-state index in [0.29, 0.717) is 5.95 Å². The summed E-state index contributed by atoms with van der Waals surface area (Å²) in [6, 6.07) is 12.9. The Hall–Kier alpha value is -1.56. The summed E-state index contributed by atoms with van der Waals surface area (Å²) in [5, 5.41) is 0. The van der Waals surface area contributed by atoms with Crippen LogP contribution < -0.4 is 5.73 Å². The van der Waals surface area contributed by atoms with E-state index in [4.69, 9.17) is 5.73 Å². The standard InChI is InChI=1S/C16H14IN3/c17-12-5-7-15-14(9-12)19-16(18)20(15)13-6-4-10-2-1-3-11(10)8-13/h4-9H,1-3H2,(H2,18,19). The third kappa shape index (κ3) is 1.82. The second kappa shape index (κ2) is 4.48. The molecule has 3 nitrogen and oxygen atoms in total. The van der Waals surface area contributed by atoms with Gasteiger partial charge in [0.15, 0.2) is 0 Å². The van der Waals surface area contributed by atoms with E-state index in [1.54, 1.807) is 0 Å². The molecule has 2 N–H and O–H groups in total. The first-order valence-electron chi connectivity index (χ1n) is 6.78. The Bertz CT molecular complexity index is 820. The molecule has 0 saturated heterocycles. The van der Waals surface area contributed by atoms with Gasteiger partial charge < -0.3 is 5.73 Å². The largest absolute Gasteiger partial charge is 0.369 e. The molecule has 4 rings (SSSR count). The Morgan fingerprint density at radius 3 is 2.80 bits per heavy atom. The van der Waals surface area contributed by atoms with E-state index in [-0.39, 0.29) is 0 Å². The molecule has 0 unspecified atom stereocenters. The SMILES string of the molecule is Nc1nc2cc(I)ccc2n1-c1ccc2c(c1)CCC2. The summed E-state index contributed by atoms with van der Waals surface area (Å²) in [4.78, 5) is 4.48. The number of nitrogens with two attached hydrogens (primary N) is 1. The fourth-order valence-corrected chi connectivity index (χ4v) is 3.52. The second-order valence-corrected chi connectivity index (χ2v) is 6.49. The average Bonchev–Trinajstić information content (AvgIpc) is 3.00. The smallest absolute Gasteiger partial charge is 0.205 e. The Balaban J connectivity index is 1.96. The third-order valence-corrected chi connectivity index (χ3v) is 4.65. The van der Waals surface area contributed by atoms with Crippen LogP contribution in [0.25, 0.3) is 16.7 Å². The number of rotatable bonds is 1. The molecule has 0 radical (unpaired) electrons. The highest BCUT2D eigenvalue weighted by molar-refractivity contribution is 14.1. The number of halogens is 1. The highest BCUT2D eigenvalue weighted by atomic mass is 127. The molecule has 1 aromatic heterocycles. The number of fused-ring (bicyclic) bond motifs is 2. The molecular weight excluding hydrogens is 361 g/mol. The van der Waals surface area contributed by atoms with E-state index in [0.717, 1.165) is 16.7 Å². The second-order valence-electron chi connectivity index (χ2n) is 5.25. The summed E-state index contributed by atoms with van der Waals surface area (Å²) in [7, 11) is 0. The first-order valence-corrected chi connectivity index (χ1v) is 7.86. The van der Waals surface area contributed by atoms with Gasteiger partial charge in [-0.15, -0.1) is 0 Å². The van der Waals surface area contributed by atoms with Gasteiger partial charge in [0, 0.05) is 9.26 Å². The van der Waals surface area contributed by atoms with Crippen LogP contribution in [0.15, 0.2) is 36.4 Å². The maximum atomic E-state index is 6.13. The summed E-state index contributed by atoms with van der Waals surface area (Å²) in [5.41, 5.74) is 12.2. The number of anilines is 1. The summed E-state index contributed by atoms with van der Waals surface area (Å²) in [6.07, 6.45) is 3.64. The van der Waals surface area contributed by atoms with Crippen LogP contribution in [0.4, 0.5) is 5.95 Å². The fraction of sp³-hybridized carbons (Fsp3) is 0.188. The maximum Gasteiger partial charge on any atom is 0.205 e. The van der Waals surface area contributed by atoms with Gasteiger partial charge in [0.2, 0.25) is 5.95 Å². The minimum Gasteiger partial charge on any atom is -0.369 e. The van der Waals surface area contributed by atoms with Crippen LogP contribution in [0, 0.1) is 3.57 Å². The molecule has 100 valence electrons. The van der Waals surface area contributed by atoms with Gasteiger partial charge in [-0.2, -0.15) is 0 Å². The molecule has 0 aliphatic heterocycles. The van der Waals surface area contributed by atoms with Crippen molar-refractivity contribution in [2.75, 3.05) is 5.73 Å². The van der Waals surface area contributed by atoms with Gasteiger partial charge in [0.25, 0.3) is 0 Å². The topological polar surface area (TPSA) is 43.8 Å². The maximum absolute atomic E-state index is 6.13. The summed E-state index contributed by atoms with van der Waals surface area (Å²) in [6.45, 7) is 0. The number of aromatic nitrogens is 2. The van der Waals surface area contributed by atoms with Gasteiger partial charge in [-0.1, -0.05) is 6.07 Å². The van der Waals surface area contributed by atoms with Crippen LogP contribution in [-0.2, 0) is 12.8 Å². The summed E-state index contributed by atoms with van der Waals surface area (Å²) >= 11 is 2.30. The minimum atomic E-state index is 0.556. The highest BCUT2D eigenvalue weighted by Gasteiger charge is 2.14. The molecule has 20 heavy (non-hydrogen) atoms. The van der Waals surface area contributed by atoms with Gasteiger partial charge in [0.1, 0.15) is 0 Å². The molecule has 1 aliphatic rings. The number of hydrogen-bond donors (Lipinski definition) is 1. The van der Waals surface area contributed by atoms with E-state index in [9.17, 15) is 0 Å². The zero-order valence-electron chi connectivity index (χ0n) is 10.9. The molecule has 0 bridgehead atoms. The first kappa shape index (κ1) is 12.2. The van der Waals surface area contributed by atoms with Crippen molar-refractivity contribution in [2.45, 2.75) is 19.3 Å². The molecule has 1 heterocycles. The van der Waals surface area contributed by atoms with Gasteiger partial charge in [-0.05, 0) is 83.3 Å². The first-order chi connectivity index (χ1) is 9.72. The van der Waals surface area contributed by atoms with E-state index >= 15 is 0 Å². The average molecular weight is 375 g/mol. The van der Waals surface area contributed by atoms with Gasteiger partial charge in [-0.25, -0.2) is 4.98 Å². The fourth-order valence-electron chi connectivity index (χ4n) is 3.04. The Morgan fingerprint density at radius 2 is 1.90 bits per heavy atom. The Labute approximate surface area is 130 Å². The van der Waals surface area contributed by atoms with Crippen molar-refractivity contribution in [2.24, 2.45) is 0 Å². The van der Waals surface area contributed by atoms with Crippen LogP contribution in [0.1, 0.15) is 17.5 Å². The molecule has 3 aromatic rings. The lowest BCUT2D eigenvalue weighted by atomic mass is 10.1. The molecule has 4 heteroatoms. The van der Waals surface area contributed by atoms with Crippen LogP contribution in [0.5, 0.6) is 0 Å². The predicted octanol–water partition coefficient (Wildman–Crippen LogP) is 3.70. The molecule has 0 fully saturated rings. The van der Waals surface area contributed by atoms with Crippen LogP contribution >= 0.6 is 22.6 Å². The summed E-state index contributed by atoms with van der Waals surface area (Å²) < 4.78 is 3.22. The molecule has 1 aliphatic carbocycles. The zero-order chi connectivity index (χ0) is 13.7. The number of imidazole rings is 1. The third-order valence-electron chi connectivity index (χ3n) is 3.98. The normalized spacial score (nSPS) is 13.8. The van der Waals surface area contributed by atoms with Crippen molar-refractivity contribution in [1.29, 1.82) is 0 Å². The van der Waals surface area contributed by atoms with Crippen molar-refractivity contribution < 1.29 is 0 Å². The summed E-state index contributed by atoms with van der Waals surface area (Å²) in [5.74, 6) is 0.556. The van der Waals surface area contributed by atoms with Gasteiger partial charge >= 0.3 is 0 Å². The van der Waals surface area contributed by atoms with E-state index in [1.165, 1.54) is 34.0 Å². The molecule has 2 aromatic carbocycles. The van der Waals surface area contributed by atoms with E-state index in [1.807, 2.05) is 4.57 Å². The van der Waals surface area contributed by atoms with Crippen molar-refractivity contribution >= 4 is 39.6 Å². The number of nitrogen functional groups attached to an aromatic ring is 1. The number of nitrogens with zero attached hydrogens (tertiary/aromatic N) is 2. The molecular formula is C16H14IN3. The number of aryl methyl sites for hydroxylation is 2. The molecule has 0 atom stereocenters. The quantitative estimate of drug-likeness (QED) is 0.660. The van der Waals surface area contributed by atoms with Crippen LogP contribution in [0.3, 0.4) is 0 Å². The van der Waals surface area contributed by atoms with Crippen molar-refractivity contribution in [3.05, 3.63) is 51.1 Å². The number of hydrogen-bond acceptors (Lipinski definition) is 2. The Morgan fingerprint density at radius 1 is 1.05 bits per heavy atom. The lowest BCUT2D eigenvalue weighted by Crippen LogP contribution is -2.01. The Kier molecular flexibility index (Phi) is 2.73. The van der Waals surface area contributed by atoms with E-state index in [2.05, 4.69) is 64.0 Å². The van der Waals surface area contributed by atoms with Crippen molar-refractivity contribution in [3.63, 3.8) is 0 Å². The van der Waals surface area contributed by atoms with Gasteiger partial charge in [0.05, 0.1) is 11.0 Å². The monoisotopic (exact) mass is 375 g/mol. The lowest BCUT2D eigenvalue weighted by Gasteiger charge is -2.09. The zero-order valence-corrected chi connectivity index (χ0v) is 13.1. The van der Waals surface area contributed by atoms with E-state index < -0.39 is 0 Å².